The molecule has 4 rings (SSSR count). The number of benzene rings is 3. The lowest BCUT2D eigenvalue weighted by atomic mass is 10.1. The van der Waals surface area contributed by atoms with E-state index in [1.54, 1.807) is 64.3 Å². The number of rotatable bonds is 5. The van der Waals surface area contributed by atoms with Gasteiger partial charge in [-0.25, -0.2) is 13.4 Å². The molecule has 1 N–H and O–H groups in total. The Morgan fingerprint density at radius 2 is 1.62 bits per heavy atom. The number of ether oxygens (including phenoxy) is 1. The molecule has 4 aromatic rings. The van der Waals surface area contributed by atoms with Gasteiger partial charge in [0.25, 0.3) is 15.6 Å². The highest BCUT2D eigenvalue weighted by Crippen LogP contribution is 2.32. The van der Waals surface area contributed by atoms with E-state index in [0.717, 1.165) is 11.1 Å². The smallest absolute Gasteiger partial charge is 0.265 e. The first-order valence-electron chi connectivity index (χ1n) is 10.8. The Morgan fingerprint density at radius 3 is 2.29 bits per heavy atom. The topological polar surface area (TPSA) is 90.3 Å². The lowest BCUT2D eigenvalue weighted by Gasteiger charge is -2.18. The molecule has 0 atom stereocenters. The number of aryl methyl sites for hydroxylation is 3. The van der Waals surface area contributed by atoms with E-state index >= 15 is 0 Å². The zero-order valence-electron chi connectivity index (χ0n) is 20.1. The van der Waals surface area contributed by atoms with Crippen LogP contribution in [-0.2, 0) is 10.0 Å². The van der Waals surface area contributed by atoms with E-state index in [0.29, 0.717) is 45.0 Å². The van der Waals surface area contributed by atoms with E-state index < -0.39 is 10.0 Å². The monoisotopic (exact) mass is 477 g/mol. The molecule has 1 aromatic heterocycles. The summed E-state index contributed by atoms with van der Waals surface area (Å²) in [5, 5.41) is 0.524. The van der Waals surface area contributed by atoms with Crippen LogP contribution in [0.3, 0.4) is 0 Å². The fourth-order valence-electron chi connectivity index (χ4n) is 4.26. The summed E-state index contributed by atoms with van der Waals surface area (Å²) in [5.74, 6) is 1.23. The number of anilines is 1. The molecule has 176 valence electrons. The molecule has 8 heteroatoms. The van der Waals surface area contributed by atoms with Crippen molar-refractivity contribution in [3.8, 4) is 11.4 Å². The van der Waals surface area contributed by atoms with Crippen LogP contribution >= 0.6 is 0 Å². The van der Waals surface area contributed by atoms with Crippen LogP contribution in [0.25, 0.3) is 16.6 Å². The summed E-state index contributed by atoms with van der Waals surface area (Å²) in [6.45, 7) is 9.01. The van der Waals surface area contributed by atoms with Crippen molar-refractivity contribution in [2.24, 2.45) is 0 Å². The van der Waals surface area contributed by atoms with Crippen LogP contribution in [0.1, 0.15) is 28.1 Å². The van der Waals surface area contributed by atoms with E-state index in [1.807, 2.05) is 26.0 Å². The summed E-state index contributed by atoms with van der Waals surface area (Å²) >= 11 is 0. The summed E-state index contributed by atoms with van der Waals surface area (Å²) in [4.78, 5) is 17.9. The van der Waals surface area contributed by atoms with Crippen LogP contribution in [0.15, 0.2) is 58.2 Å². The van der Waals surface area contributed by atoms with Gasteiger partial charge in [-0.05, 0) is 93.3 Å². The Hall–Kier alpha value is -3.65. The zero-order chi connectivity index (χ0) is 24.8. The van der Waals surface area contributed by atoms with Crippen molar-refractivity contribution < 1.29 is 13.2 Å². The number of hydrogen-bond acceptors (Lipinski definition) is 5. The average molecular weight is 478 g/mol. The molecule has 1 heterocycles. The second-order valence-electron chi connectivity index (χ2n) is 8.40. The third kappa shape index (κ3) is 3.94. The molecule has 0 spiro atoms. The van der Waals surface area contributed by atoms with Crippen molar-refractivity contribution in [1.29, 1.82) is 0 Å². The Bertz CT molecular complexity index is 1610. The Kier molecular flexibility index (Phi) is 5.95. The highest BCUT2D eigenvalue weighted by Gasteiger charge is 2.22. The van der Waals surface area contributed by atoms with E-state index in [1.165, 1.54) is 4.57 Å². The van der Waals surface area contributed by atoms with Crippen molar-refractivity contribution in [3.63, 3.8) is 0 Å². The molecule has 0 saturated carbocycles. The first kappa shape index (κ1) is 23.5. The summed E-state index contributed by atoms with van der Waals surface area (Å²) in [6.07, 6.45) is 0. The summed E-state index contributed by atoms with van der Waals surface area (Å²) < 4.78 is 36.2. The van der Waals surface area contributed by atoms with Gasteiger partial charge in [0.1, 0.15) is 11.6 Å². The predicted octanol–water partition coefficient (Wildman–Crippen LogP) is 4.74. The van der Waals surface area contributed by atoms with E-state index in [-0.39, 0.29) is 10.5 Å². The molecule has 0 fully saturated rings. The van der Waals surface area contributed by atoms with Gasteiger partial charge in [0.15, 0.2) is 0 Å². The second kappa shape index (κ2) is 8.61. The molecule has 0 radical (unpaired) electrons. The van der Waals surface area contributed by atoms with Gasteiger partial charge in [0.05, 0.1) is 34.3 Å². The molecular weight excluding hydrogens is 450 g/mol. The molecule has 0 bridgehead atoms. The molecule has 34 heavy (non-hydrogen) atoms. The van der Waals surface area contributed by atoms with Crippen molar-refractivity contribution in [1.82, 2.24) is 9.55 Å². The fourth-order valence-corrected chi connectivity index (χ4v) is 5.78. The number of hydrogen-bond donors (Lipinski definition) is 1. The first-order chi connectivity index (χ1) is 16.0. The second-order valence-corrected chi connectivity index (χ2v) is 10.0. The summed E-state index contributed by atoms with van der Waals surface area (Å²) in [6, 6.07) is 14.0. The molecule has 7 nitrogen and oxygen atoms in total. The van der Waals surface area contributed by atoms with E-state index in [9.17, 15) is 13.2 Å². The molecule has 0 amide bonds. The highest BCUT2D eigenvalue weighted by atomic mass is 32.2. The quantitative estimate of drug-likeness (QED) is 0.449. The van der Waals surface area contributed by atoms with E-state index in [4.69, 9.17) is 4.74 Å². The largest absolute Gasteiger partial charge is 0.496 e. The summed E-state index contributed by atoms with van der Waals surface area (Å²) in [5.41, 5.74) is 4.37. The van der Waals surface area contributed by atoms with E-state index in [2.05, 4.69) is 9.71 Å². The van der Waals surface area contributed by atoms with Crippen LogP contribution < -0.4 is 15.0 Å². The summed E-state index contributed by atoms with van der Waals surface area (Å²) in [7, 11) is -2.27. The fraction of sp³-hybridized carbons (Fsp3) is 0.231. The number of aromatic nitrogens is 2. The van der Waals surface area contributed by atoms with Crippen molar-refractivity contribution in [2.75, 3.05) is 11.8 Å². The molecule has 0 aliphatic rings. The minimum atomic E-state index is -3.85. The highest BCUT2D eigenvalue weighted by molar-refractivity contribution is 7.92. The third-order valence-corrected chi connectivity index (χ3v) is 7.62. The van der Waals surface area contributed by atoms with Gasteiger partial charge < -0.3 is 4.74 Å². The van der Waals surface area contributed by atoms with Crippen LogP contribution in [-0.4, -0.2) is 25.1 Å². The number of nitrogens with one attached hydrogen (secondary N) is 1. The van der Waals surface area contributed by atoms with Gasteiger partial charge >= 0.3 is 0 Å². The van der Waals surface area contributed by atoms with Crippen LogP contribution in [0.2, 0.25) is 0 Å². The van der Waals surface area contributed by atoms with Gasteiger partial charge in [-0.1, -0.05) is 12.1 Å². The average Bonchev–Trinajstić information content (AvgIpc) is 2.78. The number of sulfonamides is 1. The number of methoxy groups -OCH3 is 1. The van der Waals surface area contributed by atoms with Gasteiger partial charge in [-0.15, -0.1) is 0 Å². The third-order valence-electron chi connectivity index (χ3n) is 6.13. The SMILES string of the molecule is COc1c(C)cc(S(=O)(=O)Nc2ccc(-n3c(C)nc4ccccc4c3=O)cc2C)c(C)c1C. The maximum atomic E-state index is 13.3. The minimum absolute atomic E-state index is 0.171. The van der Waals surface area contributed by atoms with Crippen LogP contribution in [0.5, 0.6) is 5.75 Å². The number of para-hydroxylation sites is 1. The minimum Gasteiger partial charge on any atom is -0.496 e. The lowest BCUT2D eigenvalue weighted by Crippen LogP contribution is -2.22. The van der Waals surface area contributed by atoms with Crippen LogP contribution in [0, 0.1) is 34.6 Å². The lowest BCUT2D eigenvalue weighted by molar-refractivity contribution is 0.407. The number of fused-ring (bicyclic) bond motifs is 1. The van der Waals surface area contributed by atoms with Crippen molar-refractivity contribution in [3.05, 3.63) is 87.0 Å². The molecule has 0 unspecified atom stereocenters. The normalized spacial score (nSPS) is 11.6. The predicted molar refractivity (Wildman–Crippen MR) is 135 cm³/mol. The Labute approximate surface area is 199 Å². The molecule has 0 aliphatic heterocycles. The Morgan fingerprint density at radius 1 is 0.912 bits per heavy atom. The molecule has 0 saturated heterocycles. The Balaban J connectivity index is 1.75. The van der Waals surface area contributed by atoms with Gasteiger partial charge in [0, 0.05) is 0 Å². The first-order valence-corrected chi connectivity index (χ1v) is 12.3. The van der Waals surface area contributed by atoms with Gasteiger partial charge in [0.2, 0.25) is 0 Å². The number of nitrogens with zero attached hydrogens (tertiary/aromatic N) is 2. The molecule has 0 aliphatic carbocycles. The molecule has 3 aromatic carbocycles. The zero-order valence-corrected chi connectivity index (χ0v) is 20.9. The standard InChI is InChI=1S/C26H27N3O4S/c1-15-13-20(29-19(5)27-23-10-8-7-9-21(23)26(29)30)11-12-22(15)28-34(31,32)24-14-16(2)25(33-6)18(4)17(24)3/h7-14,28H,1-6H3. The maximum Gasteiger partial charge on any atom is 0.265 e. The molecular formula is C26H27N3O4S. The van der Waals surface area contributed by atoms with Crippen LogP contribution in [0.4, 0.5) is 5.69 Å². The van der Waals surface area contributed by atoms with Crippen molar-refractivity contribution >= 4 is 26.6 Å². The van der Waals surface area contributed by atoms with Gasteiger partial charge in [-0.2, -0.15) is 0 Å². The van der Waals surface area contributed by atoms with Gasteiger partial charge in [-0.3, -0.25) is 14.1 Å². The maximum absolute atomic E-state index is 13.3. The van der Waals surface area contributed by atoms with Crippen molar-refractivity contribution in [2.45, 2.75) is 39.5 Å².